The van der Waals surface area contributed by atoms with Gasteiger partial charge in [0.05, 0.1) is 5.69 Å². The summed E-state index contributed by atoms with van der Waals surface area (Å²) in [7, 11) is 0. The molecule has 2 heterocycles. The van der Waals surface area contributed by atoms with Crippen LogP contribution in [0.3, 0.4) is 0 Å². The number of hydrogen-bond donors (Lipinski definition) is 0. The van der Waals surface area contributed by atoms with E-state index >= 15 is 0 Å². The van der Waals surface area contributed by atoms with Crippen molar-refractivity contribution >= 4 is 55.2 Å². The van der Waals surface area contributed by atoms with E-state index in [1.807, 2.05) is 36.5 Å². The van der Waals surface area contributed by atoms with Gasteiger partial charge in [0.1, 0.15) is 0 Å². The minimum Gasteiger partial charge on any atom is -0.256 e. The van der Waals surface area contributed by atoms with Gasteiger partial charge in [-0.25, -0.2) is 15.0 Å². The van der Waals surface area contributed by atoms with E-state index in [9.17, 15) is 0 Å². The SMILES string of the molecule is C1=c2c(c3ccc(-c4nc(-c5ccccc5)nc(-c5c6ccccc6c(-c6ccccn6)c6ccccc56)n4)cc3c3ccccc23)=CCC1. The zero-order valence-corrected chi connectivity index (χ0v) is 27.2. The summed E-state index contributed by atoms with van der Waals surface area (Å²) in [4.78, 5) is 20.5. The molecule has 4 nitrogen and oxygen atoms in total. The molecule has 234 valence electrons. The van der Waals surface area contributed by atoms with Crippen LogP contribution in [0.15, 0.2) is 146 Å². The molecule has 10 rings (SSSR count). The summed E-state index contributed by atoms with van der Waals surface area (Å²) in [6, 6.07) is 48.8. The van der Waals surface area contributed by atoms with Crippen LogP contribution in [0.4, 0.5) is 0 Å². The fraction of sp³-hybridized carbons (Fsp3) is 0.0435. The van der Waals surface area contributed by atoms with Crippen molar-refractivity contribution in [3.63, 3.8) is 0 Å². The number of pyridine rings is 1. The molecule has 0 saturated heterocycles. The molecule has 0 fully saturated rings. The molecule has 7 aromatic carbocycles. The monoisotopic (exact) mass is 638 g/mol. The van der Waals surface area contributed by atoms with Gasteiger partial charge in [0, 0.05) is 28.5 Å². The first-order chi connectivity index (χ1) is 24.8. The van der Waals surface area contributed by atoms with E-state index in [4.69, 9.17) is 19.9 Å². The van der Waals surface area contributed by atoms with Gasteiger partial charge in [-0.05, 0) is 84.6 Å². The van der Waals surface area contributed by atoms with Gasteiger partial charge < -0.3 is 0 Å². The molecule has 0 radical (unpaired) electrons. The van der Waals surface area contributed by atoms with Crippen molar-refractivity contribution in [2.75, 3.05) is 0 Å². The summed E-state index contributed by atoms with van der Waals surface area (Å²) in [6.07, 6.45) is 8.77. The molecule has 0 N–H and O–H groups in total. The summed E-state index contributed by atoms with van der Waals surface area (Å²) >= 11 is 0. The fourth-order valence-corrected chi connectivity index (χ4v) is 7.77. The number of hydrogen-bond acceptors (Lipinski definition) is 4. The lowest BCUT2D eigenvalue weighted by Gasteiger charge is -2.17. The van der Waals surface area contributed by atoms with Crippen LogP contribution < -0.4 is 10.4 Å². The van der Waals surface area contributed by atoms with Crippen molar-refractivity contribution in [1.29, 1.82) is 0 Å². The predicted molar refractivity (Wildman–Crippen MR) is 207 cm³/mol. The van der Waals surface area contributed by atoms with Gasteiger partial charge in [0.15, 0.2) is 17.5 Å². The third kappa shape index (κ3) is 4.53. The fourth-order valence-electron chi connectivity index (χ4n) is 7.77. The van der Waals surface area contributed by atoms with E-state index in [0.717, 1.165) is 62.3 Å². The van der Waals surface area contributed by atoms with Crippen molar-refractivity contribution in [2.24, 2.45) is 0 Å². The Kier molecular flexibility index (Phi) is 6.59. The standard InChI is InChI=1S/C46H30N4/c1-2-14-29(15-3-1)44-48-45(30-25-26-35-33-18-5-4-16-31(33)32-17-6-7-19-34(32)40(35)28-30)50-46(49-44)43-38-22-10-8-20-36(38)42(41-24-12-13-27-47-41)37-21-9-11-23-39(37)43/h1-3,6-28H,4-5H2. The first-order valence-electron chi connectivity index (χ1n) is 17.1. The highest BCUT2D eigenvalue weighted by atomic mass is 15.0. The Hall–Kier alpha value is -6.52. The maximum atomic E-state index is 5.32. The highest BCUT2D eigenvalue weighted by Crippen LogP contribution is 2.42. The highest BCUT2D eigenvalue weighted by Gasteiger charge is 2.21. The maximum absolute atomic E-state index is 5.32. The van der Waals surface area contributed by atoms with Gasteiger partial charge in [-0.15, -0.1) is 0 Å². The predicted octanol–water partition coefficient (Wildman–Crippen LogP) is 9.90. The number of fused-ring (bicyclic) bond motifs is 8. The summed E-state index contributed by atoms with van der Waals surface area (Å²) in [5.41, 5.74) is 4.94. The molecule has 0 bridgehead atoms. The number of nitrogens with zero attached hydrogens (tertiary/aromatic N) is 4. The highest BCUT2D eigenvalue weighted by molar-refractivity contribution is 6.20. The Balaban J connectivity index is 1.29. The van der Waals surface area contributed by atoms with Crippen molar-refractivity contribution in [3.8, 4) is 45.4 Å². The topological polar surface area (TPSA) is 51.6 Å². The third-order valence-electron chi connectivity index (χ3n) is 9.97. The Morgan fingerprint density at radius 3 is 1.52 bits per heavy atom. The Morgan fingerprint density at radius 1 is 0.360 bits per heavy atom. The first kappa shape index (κ1) is 28.5. The van der Waals surface area contributed by atoms with E-state index in [-0.39, 0.29) is 0 Å². The molecule has 9 aromatic rings. The largest absolute Gasteiger partial charge is 0.256 e. The van der Waals surface area contributed by atoms with E-state index < -0.39 is 0 Å². The molecule has 0 atom stereocenters. The zero-order valence-electron chi connectivity index (χ0n) is 27.2. The van der Waals surface area contributed by atoms with Crippen molar-refractivity contribution < 1.29 is 0 Å². The van der Waals surface area contributed by atoms with Crippen LogP contribution >= 0.6 is 0 Å². The number of benzene rings is 7. The molecule has 0 amide bonds. The lowest BCUT2D eigenvalue weighted by Crippen LogP contribution is -2.28. The average Bonchev–Trinajstić information content (AvgIpc) is 3.20. The van der Waals surface area contributed by atoms with E-state index in [0.29, 0.717) is 17.5 Å². The molecule has 1 aliphatic carbocycles. The van der Waals surface area contributed by atoms with Gasteiger partial charge in [-0.2, -0.15) is 0 Å². The minimum atomic E-state index is 0.644. The Labute approximate surface area is 288 Å². The molecule has 4 heteroatoms. The van der Waals surface area contributed by atoms with Crippen molar-refractivity contribution in [2.45, 2.75) is 12.8 Å². The van der Waals surface area contributed by atoms with Crippen LogP contribution in [-0.4, -0.2) is 19.9 Å². The molecule has 2 aromatic heterocycles. The normalized spacial score (nSPS) is 12.6. The van der Waals surface area contributed by atoms with Crippen LogP contribution in [0.1, 0.15) is 12.8 Å². The molecule has 1 aliphatic rings. The number of rotatable bonds is 4. The second-order valence-electron chi connectivity index (χ2n) is 12.8. The summed E-state index contributed by atoms with van der Waals surface area (Å²) in [6.45, 7) is 0. The van der Waals surface area contributed by atoms with Crippen LogP contribution in [0, 0.1) is 0 Å². The average molecular weight is 639 g/mol. The minimum absolute atomic E-state index is 0.644. The van der Waals surface area contributed by atoms with E-state index in [2.05, 4.69) is 121 Å². The first-order valence-corrected chi connectivity index (χ1v) is 17.1. The maximum Gasteiger partial charge on any atom is 0.165 e. The zero-order chi connectivity index (χ0) is 33.0. The molecular weight excluding hydrogens is 609 g/mol. The van der Waals surface area contributed by atoms with Crippen LogP contribution in [-0.2, 0) is 0 Å². The Morgan fingerprint density at radius 2 is 0.880 bits per heavy atom. The van der Waals surface area contributed by atoms with E-state index in [1.54, 1.807) is 0 Å². The van der Waals surface area contributed by atoms with Gasteiger partial charge in [0.25, 0.3) is 0 Å². The number of aromatic nitrogens is 4. The molecule has 0 aliphatic heterocycles. The molecule has 50 heavy (non-hydrogen) atoms. The van der Waals surface area contributed by atoms with E-state index in [1.165, 1.54) is 32.0 Å². The van der Waals surface area contributed by atoms with Gasteiger partial charge in [0.2, 0.25) is 0 Å². The second kappa shape index (κ2) is 11.6. The summed E-state index contributed by atoms with van der Waals surface area (Å²) < 4.78 is 0. The van der Waals surface area contributed by atoms with Crippen LogP contribution in [0.25, 0.3) is 101 Å². The van der Waals surface area contributed by atoms with Crippen molar-refractivity contribution in [3.05, 3.63) is 156 Å². The third-order valence-corrected chi connectivity index (χ3v) is 9.97. The Bertz CT molecular complexity index is 2860. The quantitative estimate of drug-likeness (QED) is 0.142. The molecular formula is C46H30N4. The van der Waals surface area contributed by atoms with Crippen molar-refractivity contribution in [1.82, 2.24) is 19.9 Å². The second-order valence-corrected chi connectivity index (χ2v) is 12.8. The molecule has 0 unspecified atom stereocenters. The van der Waals surface area contributed by atoms with Crippen LogP contribution in [0.5, 0.6) is 0 Å². The van der Waals surface area contributed by atoms with Gasteiger partial charge in [-0.3, -0.25) is 4.98 Å². The smallest absolute Gasteiger partial charge is 0.165 e. The summed E-state index contributed by atoms with van der Waals surface area (Å²) in [5, 5.41) is 12.0. The lowest BCUT2D eigenvalue weighted by atomic mass is 9.89. The molecule has 0 saturated carbocycles. The lowest BCUT2D eigenvalue weighted by molar-refractivity contribution is 1.08. The summed E-state index contributed by atoms with van der Waals surface area (Å²) in [5.74, 6) is 1.94. The molecule has 0 spiro atoms. The van der Waals surface area contributed by atoms with Gasteiger partial charge in [-0.1, -0.05) is 133 Å². The van der Waals surface area contributed by atoms with Gasteiger partial charge >= 0.3 is 0 Å². The van der Waals surface area contributed by atoms with Crippen LogP contribution in [0.2, 0.25) is 0 Å².